The van der Waals surface area contributed by atoms with Crippen molar-refractivity contribution in [3.8, 4) is 0 Å². The standard InChI is InChI=1S/C19H17F2N5O2S/c20-14-4-3-13(8-15(14)21)29(27,28)10-11-1-2-12(7-11)19-25-24-17-9-23-18-16(26(17)19)5-6-22-18/h3-6,8-9,11-12,22H,1-2,7,10H2/t11-,12+/m0/s1. The van der Waals surface area contributed by atoms with Gasteiger partial charge in [0.05, 0.1) is 22.4 Å². The molecule has 0 unspecified atom stereocenters. The van der Waals surface area contributed by atoms with Crippen LogP contribution in [0.4, 0.5) is 8.78 Å². The van der Waals surface area contributed by atoms with E-state index in [1.165, 1.54) is 0 Å². The van der Waals surface area contributed by atoms with Crippen molar-refractivity contribution in [1.29, 1.82) is 0 Å². The molecule has 7 nitrogen and oxygen atoms in total. The fourth-order valence-electron chi connectivity index (χ4n) is 4.20. The Labute approximate surface area is 164 Å². The molecular weight excluding hydrogens is 400 g/mol. The molecule has 29 heavy (non-hydrogen) atoms. The number of aromatic nitrogens is 5. The van der Waals surface area contributed by atoms with Gasteiger partial charge in [0.2, 0.25) is 0 Å². The third-order valence-corrected chi connectivity index (χ3v) is 7.46. The monoisotopic (exact) mass is 417 g/mol. The van der Waals surface area contributed by atoms with E-state index in [4.69, 9.17) is 0 Å². The molecule has 0 amide bonds. The molecule has 0 saturated heterocycles. The van der Waals surface area contributed by atoms with Gasteiger partial charge in [-0.3, -0.25) is 4.40 Å². The van der Waals surface area contributed by atoms with Gasteiger partial charge in [0.15, 0.2) is 32.8 Å². The first-order valence-corrected chi connectivity index (χ1v) is 10.9. The van der Waals surface area contributed by atoms with E-state index in [9.17, 15) is 17.2 Å². The highest BCUT2D eigenvalue weighted by Crippen LogP contribution is 2.39. The summed E-state index contributed by atoms with van der Waals surface area (Å²) in [5, 5.41) is 8.54. The fourth-order valence-corrected chi connectivity index (χ4v) is 5.87. The molecular formula is C19H17F2N5O2S. The summed E-state index contributed by atoms with van der Waals surface area (Å²) >= 11 is 0. The van der Waals surface area contributed by atoms with Gasteiger partial charge in [-0.05, 0) is 49.4 Å². The van der Waals surface area contributed by atoms with E-state index in [1.807, 2.05) is 10.5 Å². The summed E-state index contributed by atoms with van der Waals surface area (Å²) in [6.45, 7) is 0. The minimum atomic E-state index is -3.71. The van der Waals surface area contributed by atoms with Gasteiger partial charge in [-0.2, -0.15) is 0 Å². The number of fused-ring (bicyclic) bond motifs is 3. The van der Waals surface area contributed by atoms with Crippen LogP contribution in [-0.4, -0.2) is 38.7 Å². The van der Waals surface area contributed by atoms with Crippen LogP contribution in [0.3, 0.4) is 0 Å². The lowest BCUT2D eigenvalue weighted by Crippen LogP contribution is -2.15. The normalized spacial score (nSPS) is 20.1. The molecule has 0 radical (unpaired) electrons. The number of sulfone groups is 1. The van der Waals surface area contributed by atoms with E-state index < -0.39 is 21.5 Å². The summed E-state index contributed by atoms with van der Waals surface area (Å²) in [4.78, 5) is 7.18. The van der Waals surface area contributed by atoms with Gasteiger partial charge in [0, 0.05) is 12.1 Å². The molecule has 1 N–H and O–H groups in total. The summed E-state index contributed by atoms with van der Waals surface area (Å²) in [6.07, 6.45) is 5.58. The minimum absolute atomic E-state index is 0.0654. The first kappa shape index (κ1) is 18.2. The van der Waals surface area contributed by atoms with E-state index in [0.29, 0.717) is 18.5 Å². The lowest BCUT2D eigenvalue weighted by atomic mass is 10.1. The number of nitrogens with one attached hydrogen (secondary N) is 1. The molecule has 1 aromatic carbocycles. The molecule has 4 aromatic rings. The van der Waals surface area contributed by atoms with Gasteiger partial charge >= 0.3 is 0 Å². The number of hydrogen-bond acceptors (Lipinski definition) is 5. The van der Waals surface area contributed by atoms with Gasteiger partial charge in [-0.15, -0.1) is 10.2 Å². The Bertz CT molecular complexity index is 1330. The van der Waals surface area contributed by atoms with Crippen LogP contribution < -0.4 is 0 Å². The molecule has 1 aliphatic rings. The van der Waals surface area contributed by atoms with Crippen LogP contribution in [0.2, 0.25) is 0 Å². The Balaban J connectivity index is 1.40. The molecule has 3 aromatic heterocycles. The first-order chi connectivity index (χ1) is 13.9. The molecule has 1 fully saturated rings. The number of halogens is 2. The number of rotatable bonds is 4. The zero-order valence-corrected chi connectivity index (χ0v) is 16.0. The molecule has 3 heterocycles. The van der Waals surface area contributed by atoms with Gasteiger partial charge in [-0.1, -0.05) is 0 Å². The molecule has 5 rings (SSSR count). The number of benzene rings is 1. The van der Waals surface area contributed by atoms with Crippen LogP contribution >= 0.6 is 0 Å². The van der Waals surface area contributed by atoms with Crippen LogP contribution in [0.15, 0.2) is 41.6 Å². The van der Waals surface area contributed by atoms with E-state index in [0.717, 1.165) is 41.6 Å². The van der Waals surface area contributed by atoms with E-state index >= 15 is 0 Å². The predicted octanol–water partition coefficient (Wildman–Crippen LogP) is 3.24. The van der Waals surface area contributed by atoms with Crippen molar-refractivity contribution in [2.75, 3.05) is 5.75 Å². The number of hydrogen-bond donors (Lipinski definition) is 1. The Morgan fingerprint density at radius 3 is 2.83 bits per heavy atom. The highest BCUT2D eigenvalue weighted by molar-refractivity contribution is 7.91. The average Bonchev–Trinajstić information content (AvgIpc) is 3.40. The van der Waals surface area contributed by atoms with E-state index in [1.54, 1.807) is 12.4 Å². The van der Waals surface area contributed by atoms with Gasteiger partial charge < -0.3 is 4.98 Å². The first-order valence-electron chi connectivity index (χ1n) is 9.27. The fraction of sp³-hybridized carbons (Fsp3) is 0.316. The summed E-state index contributed by atoms with van der Waals surface area (Å²) in [6, 6.07) is 4.61. The number of nitrogens with zero attached hydrogens (tertiary/aromatic N) is 4. The average molecular weight is 417 g/mol. The number of H-pyrrole nitrogens is 1. The Hall–Kier alpha value is -2.88. The Kier molecular flexibility index (Phi) is 4.12. The molecule has 1 saturated carbocycles. The van der Waals surface area contributed by atoms with Crippen molar-refractivity contribution in [2.45, 2.75) is 30.1 Å². The molecule has 1 aliphatic carbocycles. The van der Waals surface area contributed by atoms with Crippen molar-refractivity contribution < 1.29 is 17.2 Å². The van der Waals surface area contributed by atoms with Crippen LogP contribution in [0.25, 0.3) is 16.8 Å². The van der Waals surface area contributed by atoms with Crippen LogP contribution in [0.1, 0.15) is 31.0 Å². The zero-order valence-electron chi connectivity index (χ0n) is 15.2. The third kappa shape index (κ3) is 3.07. The second kappa shape index (κ2) is 6.58. The zero-order chi connectivity index (χ0) is 20.2. The maximum Gasteiger partial charge on any atom is 0.179 e. The van der Waals surface area contributed by atoms with Gasteiger partial charge in [-0.25, -0.2) is 22.2 Å². The number of aromatic amines is 1. The highest BCUT2D eigenvalue weighted by atomic mass is 32.2. The van der Waals surface area contributed by atoms with Crippen LogP contribution in [0.5, 0.6) is 0 Å². The molecule has 0 spiro atoms. The second-order valence-corrected chi connectivity index (χ2v) is 9.49. The molecule has 0 bridgehead atoms. The Morgan fingerprint density at radius 2 is 2.00 bits per heavy atom. The van der Waals surface area contributed by atoms with Crippen molar-refractivity contribution in [3.05, 3.63) is 54.1 Å². The lowest BCUT2D eigenvalue weighted by Gasteiger charge is -2.12. The van der Waals surface area contributed by atoms with Crippen molar-refractivity contribution in [3.63, 3.8) is 0 Å². The maximum atomic E-state index is 13.5. The SMILES string of the molecule is O=S(=O)(C[C@H]1CC[C@@H](c2nnc3cnc4[nH]ccc4n23)C1)c1ccc(F)c(F)c1. The van der Waals surface area contributed by atoms with Crippen LogP contribution in [-0.2, 0) is 9.84 Å². The third-order valence-electron chi connectivity index (χ3n) is 5.58. The molecule has 0 aliphatic heterocycles. The highest BCUT2D eigenvalue weighted by Gasteiger charge is 2.33. The summed E-state index contributed by atoms with van der Waals surface area (Å²) in [5.41, 5.74) is 2.25. The lowest BCUT2D eigenvalue weighted by molar-refractivity contribution is 0.503. The van der Waals surface area contributed by atoms with E-state index in [-0.39, 0.29) is 22.5 Å². The molecule has 10 heteroatoms. The van der Waals surface area contributed by atoms with Crippen molar-refractivity contribution in [1.82, 2.24) is 24.6 Å². The second-order valence-electron chi connectivity index (χ2n) is 7.45. The van der Waals surface area contributed by atoms with Crippen molar-refractivity contribution in [2.24, 2.45) is 5.92 Å². The minimum Gasteiger partial charge on any atom is -0.345 e. The van der Waals surface area contributed by atoms with E-state index in [2.05, 4.69) is 20.2 Å². The summed E-state index contributed by atoms with van der Waals surface area (Å²) < 4.78 is 53.9. The topological polar surface area (TPSA) is 93.0 Å². The Morgan fingerprint density at radius 1 is 1.14 bits per heavy atom. The predicted molar refractivity (Wildman–Crippen MR) is 101 cm³/mol. The van der Waals surface area contributed by atoms with Crippen molar-refractivity contribution >= 4 is 26.6 Å². The summed E-state index contributed by atoms with van der Waals surface area (Å²) in [5.74, 6) is -1.56. The smallest absolute Gasteiger partial charge is 0.179 e. The molecule has 2 atom stereocenters. The van der Waals surface area contributed by atoms with Gasteiger partial charge in [0.25, 0.3) is 0 Å². The van der Waals surface area contributed by atoms with Gasteiger partial charge in [0.1, 0.15) is 5.82 Å². The quantitative estimate of drug-likeness (QED) is 0.515. The molecule has 150 valence electrons. The largest absolute Gasteiger partial charge is 0.345 e. The maximum absolute atomic E-state index is 13.5. The summed E-state index contributed by atoms with van der Waals surface area (Å²) in [7, 11) is -3.71. The van der Waals surface area contributed by atoms with Crippen LogP contribution in [0, 0.1) is 17.6 Å².